The number of hydrogen-bond acceptors (Lipinski definition) is 8. The van der Waals surface area contributed by atoms with Crippen LogP contribution in [-0.4, -0.2) is 49.2 Å². The first-order chi connectivity index (χ1) is 18.3. The molecule has 12 heteroatoms. The van der Waals surface area contributed by atoms with Crippen LogP contribution in [0, 0.1) is 0 Å². The minimum absolute atomic E-state index is 0.0794. The van der Waals surface area contributed by atoms with Crippen molar-refractivity contribution in [1.82, 2.24) is 20.6 Å². The number of thiophene rings is 1. The molecule has 0 radical (unpaired) electrons. The van der Waals surface area contributed by atoms with Crippen molar-refractivity contribution in [2.24, 2.45) is 0 Å². The number of fused-ring (bicyclic) bond motifs is 2. The van der Waals surface area contributed by atoms with Crippen LogP contribution >= 0.6 is 22.7 Å². The summed E-state index contributed by atoms with van der Waals surface area (Å²) in [4.78, 5) is 22.2. The maximum atomic E-state index is 13.2. The second-order valence-corrected chi connectivity index (χ2v) is 10.9. The average Bonchev–Trinajstić information content (AvgIpc) is 3.48. The maximum absolute atomic E-state index is 13.2. The molecule has 1 aliphatic rings. The van der Waals surface area contributed by atoms with E-state index >= 15 is 0 Å². The van der Waals surface area contributed by atoms with Gasteiger partial charge in [0.2, 0.25) is 5.91 Å². The lowest BCUT2D eigenvalue weighted by Crippen LogP contribution is -2.24. The van der Waals surface area contributed by atoms with E-state index in [1.54, 1.807) is 30.6 Å². The van der Waals surface area contributed by atoms with Crippen molar-refractivity contribution in [3.8, 4) is 21.7 Å². The van der Waals surface area contributed by atoms with E-state index in [2.05, 4.69) is 20.9 Å². The highest BCUT2D eigenvalue weighted by molar-refractivity contribution is 7.23. The Hall–Kier alpha value is -2.90. The van der Waals surface area contributed by atoms with E-state index in [-0.39, 0.29) is 5.91 Å². The van der Waals surface area contributed by atoms with E-state index < -0.39 is 11.9 Å². The van der Waals surface area contributed by atoms with Gasteiger partial charge < -0.3 is 20.7 Å². The Morgan fingerprint density at radius 2 is 2.00 bits per heavy atom. The lowest BCUT2D eigenvalue weighted by Gasteiger charge is -2.13. The Kier molecular flexibility index (Phi) is 8.05. The van der Waals surface area contributed by atoms with Gasteiger partial charge in [-0.1, -0.05) is 6.07 Å². The van der Waals surface area contributed by atoms with E-state index in [0.717, 1.165) is 51.4 Å². The highest BCUT2D eigenvalue weighted by atomic mass is 32.1. The molecule has 38 heavy (non-hydrogen) atoms. The van der Waals surface area contributed by atoms with Crippen molar-refractivity contribution in [2.75, 3.05) is 38.7 Å². The summed E-state index contributed by atoms with van der Waals surface area (Å²) in [6, 6.07) is 8.08. The lowest BCUT2D eigenvalue weighted by molar-refractivity contribution is -0.141. The predicted octanol–water partition coefficient (Wildman–Crippen LogP) is 5.32. The zero-order chi connectivity index (χ0) is 26.7. The zero-order valence-corrected chi connectivity index (χ0v) is 22.2. The molecule has 1 aromatic carbocycles. The molecule has 0 atom stereocenters. The highest BCUT2D eigenvalue weighted by Gasteiger charge is 2.32. The fourth-order valence-corrected chi connectivity index (χ4v) is 6.70. The second-order valence-electron chi connectivity index (χ2n) is 8.80. The van der Waals surface area contributed by atoms with Crippen molar-refractivity contribution in [3.63, 3.8) is 0 Å². The van der Waals surface area contributed by atoms with Gasteiger partial charge in [0, 0.05) is 49.8 Å². The van der Waals surface area contributed by atoms with Gasteiger partial charge in [-0.05, 0) is 53.9 Å². The summed E-state index contributed by atoms with van der Waals surface area (Å²) in [7, 11) is 1.63. The summed E-state index contributed by atoms with van der Waals surface area (Å²) in [5, 5.41) is 11.2. The highest BCUT2D eigenvalue weighted by Crippen LogP contribution is 2.45. The fourth-order valence-electron chi connectivity index (χ4n) is 4.32. The molecular formula is C26H26F3N5O2S2. The molecule has 3 aromatic heterocycles. The number of amides is 1. The molecular weight excluding hydrogens is 535 g/mol. The predicted molar refractivity (Wildman–Crippen MR) is 145 cm³/mol. The summed E-state index contributed by atoms with van der Waals surface area (Å²) < 4.78 is 45.4. The van der Waals surface area contributed by atoms with Gasteiger partial charge in [0.1, 0.15) is 15.7 Å². The Balaban J connectivity index is 1.44. The second kappa shape index (κ2) is 11.5. The lowest BCUT2D eigenvalue weighted by atomic mass is 10.0. The van der Waals surface area contributed by atoms with Crippen LogP contribution in [0.3, 0.4) is 0 Å². The quantitative estimate of drug-likeness (QED) is 0.240. The normalized spacial score (nSPS) is 13.6. The summed E-state index contributed by atoms with van der Waals surface area (Å²) in [5.74, 6) is -0.0794. The number of nitrogens with one attached hydrogen (secondary N) is 3. The molecule has 0 spiro atoms. The van der Waals surface area contributed by atoms with Crippen molar-refractivity contribution in [3.05, 3.63) is 52.7 Å². The Morgan fingerprint density at radius 3 is 2.82 bits per heavy atom. The Labute approximate surface area is 225 Å². The Bertz CT molecular complexity index is 1450. The molecule has 4 aromatic rings. The molecule has 5 rings (SSSR count). The maximum Gasteiger partial charge on any atom is 0.433 e. The van der Waals surface area contributed by atoms with Gasteiger partial charge in [-0.3, -0.25) is 9.78 Å². The molecule has 1 aliphatic heterocycles. The van der Waals surface area contributed by atoms with Crippen LogP contribution in [0.15, 0.2) is 36.5 Å². The number of carbonyl (C=O) groups is 1. The average molecular weight is 562 g/mol. The van der Waals surface area contributed by atoms with Crippen molar-refractivity contribution < 1.29 is 22.7 Å². The number of aromatic nitrogens is 2. The number of methoxy groups -OCH3 is 1. The van der Waals surface area contributed by atoms with Crippen molar-refractivity contribution in [2.45, 2.75) is 25.6 Å². The van der Waals surface area contributed by atoms with Gasteiger partial charge in [-0.2, -0.15) is 13.2 Å². The number of anilines is 1. The number of alkyl halides is 3. The first-order valence-electron chi connectivity index (χ1n) is 12.1. The molecule has 0 unspecified atom stereocenters. The van der Waals surface area contributed by atoms with Crippen LogP contribution in [0.25, 0.3) is 31.9 Å². The van der Waals surface area contributed by atoms with E-state index in [9.17, 15) is 18.0 Å². The first-order valence-corrected chi connectivity index (χ1v) is 13.8. The Morgan fingerprint density at radius 1 is 1.16 bits per heavy atom. The van der Waals surface area contributed by atoms with Crippen LogP contribution in [0.1, 0.15) is 22.6 Å². The van der Waals surface area contributed by atoms with E-state index in [0.29, 0.717) is 37.2 Å². The van der Waals surface area contributed by atoms with Gasteiger partial charge in [0.25, 0.3) is 0 Å². The molecule has 200 valence electrons. The summed E-state index contributed by atoms with van der Waals surface area (Å²) >= 11 is 3.04. The fraction of sp³-hybridized carbons (Fsp3) is 0.346. The molecule has 4 heterocycles. The zero-order valence-electron chi connectivity index (χ0n) is 20.6. The third kappa shape index (κ3) is 5.89. The molecule has 0 saturated carbocycles. The molecule has 1 amide bonds. The molecule has 0 saturated heterocycles. The van der Waals surface area contributed by atoms with Gasteiger partial charge >= 0.3 is 6.18 Å². The van der Waals surface area contributed by atoms with Crippen molar-refractivity contribution in [1.29, 1.82) is 0 Å². The van der Waals surface area contributed by atoms with Crippen LogP contribution in [-0.2, 0) is 28.7 Å². The standard InChI is InChI=1S/C26H26F3N5O2S2/c1-36-11-10-30-8-6-22(35)34-25-23(17-5-7-31-14-20(17)38-25)24-33-18-3-2-15(12-19(18)37-24)16-4-9-32-21(13-16)26(27,28)29/h2-4,9,12-13,30-31H,5-8,10-11,14H2,1H3,(H,34,35). The van der Waals surface area contributed by atoms with E-state index in [1.165, 1.54) is 28.0 Å². The van der Waals surface area contributed by atoms with Crippen LogP contribution in [0.4, 0.5) is 18.2 Å². The summed E-state index contributed by atoms with van der Waals surface area (Å²) in [6.45, 7) is 3.39. The molecule has 3 N–H and O–H groups in total. The third-order valence-electron chi connectivity index (χ3n) is 6.18. The number of carbonyl (C=O) groups excluding carboxylic acids is 1. The van der Waals surface area contributed by atoms with Crippen molar-refractivity contribution >= 4 is 43.8 Å². The van der Waals surface area contributed by atoms with Crippen LogP contribution < -0.4 is 16.0 Å². The topological polar surface area (TPSA) is 88.2 Å². The number of halogens is 3. The first kappa shape index (κ1) is 26.7. The monoisotopic (exact) mass is 561 g/mol. The molecule has 0 aliphatic carbocycles. The van der Waals surface area contributed by atoms with Crippen LogP contribution in [0.2, 0.25) is 0 Å². The van der Waals surface area contributed by atoms with Gasteiger partial charge in [-0.25, -0.2) is 4.98 Å². The van der Waals surface area contributed by atoms with Gasteiger partial charge in [-0.15, -0.1) is 22.7 Å². The third-order valence-corrected chi connectivity index (χ3v) is 8.36. The minimum atomic E-state index is -4.51. The van der Waals surface area contributed by atoms with Crippen LogP contribution in [0.5, 0.6) is 0 Å². The van der Waals surface area contributed by atoms with Gasteiger partial charge in [0.15, 0.2) is 0 Å². The van der Waals surface area contributed by atoms with E-state index in [1.807, 2.05) is 12.1 Å². The van der Waals surface area contributed by atoms with E-state index in [4.69, 9.17) is 9.72 Å². The number of pyridine rings is 1. The smallest absolute Gasteiger partial charge is 0.383 e. The molecule has 0 fully saturated rings. The molecule has 7 nitrogen and oxygen atoms in total. The largest absolute Gasteiger partial charge is 0.433 e. The number of nitrogens with zero attached hydrogens (tertiary/aromatic N) is 2. The summed E-state index contributed by atoms with van der Waals surface area (Å²) in [5.41, 5.74) is 3.06. The number of rotatable bonds is 9. The number of benzene rings is 1. The molecule has 0 bridgehead atoms. The summed E-state index contributed by atoms with van der Waals surface area (Å²) in [6.07, 6.45) is -2.17. The SMILES string of the molecule is COCCNCCC(=O)Nc1sc2c(c1-c1nc3ccc(-c4ccnc(C(F)(F)F)c4)cc3s1)CCNC2. The van der Waals surface area contributed by atoms with Gasteiger partial charge in [0.05, 0.1) is 16.8 Å². The minimum Gasteiger partial charge on any atom is -0.383 e. The number of ether oxygens (including phenoxy) is 1. The number of hydrogen-bond donors (Lipinski definition) is 3. The number of thiazole rings is 1.